The van der Waals surface area contributed by atoms with E-state index < -0.39 is 11.9 Å². The van der Waals surface area contributed by atoms with Crippen LogP contribution < -0.4 is 0 Å². The summed E-state index contributed by atoms with van der Waals surface area (Å²) in [6.07, 6.45) is 1.65. The van der Waals surface area contributed by atoms with Gasteiger partial charge in [0.15, 0.2) is 0 Å². The van der Waals surface area contributed by atoms with Crippen molar-refractivity contribution in [2.75, 3.05) is 0 Å². The largest absolute Gasteiger partial charge is 0.343 e. The molecule has 66 valence electrons. The quantitative estimate of drug-likeness (QED) is 0.380. The van der Waals surface area contributed by atoms with Gasteiger partial charge in [0.1, 0.15) is 6.29 Å². The third-order valence-corrected chi connectivity index (χ3v) is 1.57. The van der Waals surface area contributed by atoms with Crippen LogP contribution in [0.2, 0.25) is 0 Å². The zero-order valence-corrected chi connectivity index (χ0v) is 6.53. The molecule has 0 aromatic rings. The smallest absolute Gasteiger partial charge is 0.278 e. The Hall–Kier alpha value is -0.450. The minimum Gasteiger partial charge on any atom is -0.343 e. The molecular formula is C7H14O4. The molecule has 0 radical (unpaired) electrons. The number of hydrogen-bond acceptors (Lipinski definition) is 4. The first-order chi connectivity index (χ1) is 5.02. The van der Waals surface area contributed by atoms with Crippen molar-refractivity contribution in [2.45, 2.75) is 32.2 Å². The topological polar surface area (TPSA) is 77.8 Å². The van der Waals surface area contributed by atoms with Crippen LogP contribution >= 0.6 is 0 Å². The van der Waals surface area contributed by atoms with Crippen LogP contribution in [0, 0.1) is 5.92 Å². The Balaban J connectivity index is 3.97. The lowest BCUT2D eigenvalue weighted by Crippen LogP contribution is -2.37. The van der Waals surface area contributed by atoms with E-state index in [1.54, 1.807) is 0 Å². The Morgan fingerprint density at radius 2 is 2.00 bits per heavy atom. The van der Waals surface area contributed by atoms with Crippen molar-refractivity contribution in [1.29, 1.82) is 0 Å². The van der Waals surface area contributed by atoms with Gasteiger partial charge in [-0.2, -0.15) is 0 Å². The van der Waals surface area contributed by atoms with Gasteiger partial charge >= 0.3 is 0 Å². The van der Waals surface area contributed by atoms with E-state index in [1.807, 2.05) is 6.92 Å². The van der Waals surface area contributed by atoms with Crippen LogP contribution in [0.25, 0.3) is 0 Å². The molecule has 0 saturated heterocycles. The maximum absolute atomic E-state index is 10.0. The Bertz CT molecular complexity index is 116. The highest BCUT2D eigenvalue weighted by molar-refractivity contribution is 5.49. The molecule has 0 aromatic carbocycles. The maximum Gasteiger partial charge on any atom is 0.278 e. The van der Waals surface area contributed by atoms with Gasteiger partial charge in [0.05, 0.1) is 0 Å². The number of aldehydes is 1. The van der Waals surface area contributed by atoms with E-state index in [1.165, 1.54) is 0 Å². The van der Waals surface area contributed by atoms with Gasteiger partial charge in [-0.1, -0.05) is 13.3 Å². The van der Waals surface area contributed by atoms with Crippen molar-refractivity contribution in [3.05, 3.63) is 0 Å². The highest BCUT2D eigenvalue weighted by Gasteiger charge is 2.30. The van der Waals surface area contributed by atoms with Crippen LogP contribution in [0.5, 0.6) is 0 Å². The van der Waals surface area contributed by atoms with E-state index in [0.717, 1.165) is 0 Å². The predicted molar refractivity (Wildman–Crippen MR) is 38.5 cm³/mol. The highest BCUT2D eigenvalue weighted by atomic mass is 16.7. The first-order valence-corrected chi connectivity index (χ1v) is 3.63. The lowest BCUT2D eigenvalue weighted by molar-refractivity contribution is -0.342. The van der Waals surface area contributed by atoms with E-state index in [9.17, 15) is 4.79 Å². The van der Waals surface area contributed by atoms with Gasteiger partial charge in [0.25, 0.3) is 5.97 Å². The standard InChI is InChI=1S/C7H14O4/c1-2-3-6(4-5-8)7(9,10)11/h5-6,9-11H,2-4H2,1H3. The number of carbonyl (C=O) groups is 1. The minimum absolute atomic E-state index is 0.0304. The first kappa shape index (κ1) is 10.6. The molecule has 0 aliphatic carbocycles. The molecule has 0 aromatic heterocycles. The van der Waals surface area contributed by atoms with E-state index in [0.29, 0.717) is 19.1 Å². The zero-order valence-electron chi connectivity index (χ0n) is 6.53. The van der Waals surface area contributed by atoms with Gasteiger partial charge in [-0.25, -0.2) is 0 Å². The van der Waals surface area contributed by atoms with Crippen LogP contribution in [0.15, 0.2) is 0 Å². The fourth-order valence-electron chi connectivity index (χ4n) is 0.934. The van der Waals surface area contributed by atoms with Crippen molar-refractivity contribution >= 4 is 6.29 Å². The summed E-state index contributed by atoms with van der Waals surface area (Å²) in [7, 11) is 0. The van der Waals surface area contributed by atoms with Gasteiger partial charge in [-0.3, -0.25) is 0 Å². The van der Waals surface area contributed by atoms with Crippen molar-refractivity contribution in [3.63, 3.8) is 0 Å². The molecule has 0 aliphatic rings. The Morgan fingerprint density at radius 3 is 2.27 bits per heavy atom. The number of hydrogen-bond donors (Lipinski definition) is 3. The molecular weight excluding hydrogens is 148 g/mol. The first-order valence-electron chi connectivity index (χ1n) is 3.63. The van der Waals surface area contributed by atoms with E-state index in [2.05, 4.69) is 0 Å². The summed E-state index contributed by atoms with van der Waals surface area (Å²) in [4.78, 5) is 10.0. The third-order valence-electron chi connectivity index (χ3n) is 1.57. The summed E-state index contributed by atoms with van der Waals surface area (Å²) in [6.45, 7) is 1.84. The second kappa shape index (κ2) is 4.43. The molecule has 0 fully saturated rings. The second-order valence-corrected chi connectivity index (χ2v) is 2.58. The Labute approximate surface area is 65.5 Å². The van der Waals surface area contributed by atoms with Crippen LogP contribution in [0.3, 0.4) is 0 Å². The van der Waals surface area contributed by atoms with Crippen molar-refractivity contribution in [1.82, 2.24) is 0 Å². The number of aliphatic hydroxyl groups is 3. The van der Waals surface area contributed by atoms with Crippen LogP contribution in [-0.4, -0.2) is 27.6 Å². The van der Waals surface area contributed by atoms with Gasteiger partial charge < -0.3 is 20.1 Å². The van der Waals surface area contributed by atoms with Gasteiger partial charge in [-0.05, 0) is 6.42 Å². The van der Waals surface area contributed by atoms with Crippen molar-refractivity contribution < 1.29 is 20.1 Å². The van der Waals surface area contributed by atoms with Crippen molar-refractivity contribution in [2.24, 2.45) is 5.92 Å². The summed E-state index contributed by atoms with van der Waals surface area (Å²) >= 11 is 0. The summed E-state index contributed by atoms with van der Waals surface area (Å²) in [5.41, 5.74) is 0. The number of carbonyl (C=O) groups excluding carboxylic acids is 1. The molecule has 0 amide bonds. The molecule has 3 N–H and O–H groups in total. The maximum atomic E-state index is 10.0. The molecule has 0 aliphatic heterocycles. The molecule has 0 rings (SSSR count). The molecule has 0 bridgehead atoms. The fourth-order valence-corrected chi connectivity index (χ4v) is 0.934. The molecule has 1 unspecified atom stereocenters. The summed E-state index contributed by atoms with van der Waals surface area (Å²) in [5, 5.41) is 26.1. The SMILES string of the molecule is CCCC(CC=O)C(O)(O)O. The average molecular weight is 162 g/mol. The average Bonchev–Trinajstić information content (AvgIpc) is 1.85. The third kappa shape index (κ3) is 4.08. The predicted octanol–water partition coefficient (Wildman–Crippen LogP) is -0.378. The Kier molecular flexibility index (Phi) is 4.25. The van der Waals surface area contributed by atoms with Crippen molar-refractivity contribution in [3.8, 4) is 0 Å². The summed E-state index contributed by atoms with van der Waals surface area (Å²) in [5.74, 6) is -3.48. The van der Waals surface area contributed by atoms with Crippen LogP contribution in [0.1, 0.15) is 26.2 Å². The van der Waals surface area contributed by atoms with Gasteiger partial charge in [-0.15, -0.1) is 0 Å². The monoisotopic (exact) mass is 162 g/mol. The molecule has 4 heteroatoms. The highest BCUT2D eigenvalue weighted by Crippen LogP contribution is 2.19. The lowest BCUT2D eigenvalue weighted by atomic mass is 9.98. The van der Waals surface area contributed by atoms with Gasteiger partial charge in [0.2, 0.25) is 0 Å². The Morgan fingerprint density at radius 1 is 1.45 bits per heavy atom. The lowest BCUT2D eigenvalue weighted by Gasteiger charge is -2.23. The van der Waals surface area contributed by atoms with E-state index in [4.69, 9.17) is 15.3 Å². The molecule has 0 saturated carbocycles. The minimum atomic E-state index is -2.71. The zero-order chi connectivity index (χ0) is 8.91. The molecule has 1 atom stereocenters. The molecule has 0 spiro atoms. The molecule has 4 nitrogen and oxygen atoms in total. The molecule has 0 heterocycles. The van der Waals surface area contributed by atoms with Crippen LogP contribution in [-0.2, 0) is 4.79 Å². The summed E-state index contributed by atoms with van der Waals surface area (Å²) < 4.78 is 0. The van der Waals surface area contributed by atoms with E-state index >= 15 is 0 Å². The fraction of sp³-hybridized carbons (Fsp3) is 0.857. The van der Waals surface area contributed by atoms with E-state index in [-0.39, 0.29) is 6.42 Å². The summed E-state index contributed by atoms with van der Waals surface area (Å²) in [6, 6.07) is 0. The second-order valence-electron chi connectivity index (χ2n) is 2.58. The normalized spacial score (nSPS) is 14.5. The van der Waals surface area contributed by atoms with Gasteiger partial charge in [0, 0.05) is 12.3 Å². The molecule has 11 heavy (non-hydrogen) atoms. The number of rotatable bonds is 5. The van der Waals surface area contributed by atoms with Crippen LogP contribution in [0.4, 0.5) is 0 Å².